The van der Waals surface area contributed by atoms with Crippen molar-refractivity contribution < 1.29 is 4.79 Å². The van der Waals surface area contributed by atoms with Crippen LogP contribution in [0.1, 0.15) is 34.8 Å². The van der Waals surface area contributed by atoms with Crippen LogP contribution in [0.5, 0.6) is 0 Å². The molecule has 3 nitrogen and oxygen atoms in total. The average molecular weight is 230 g/mol. The number of nitrogens with one attached hydrogen (secondary N) is 2. The zero-order valence-corrected chi connectivity index (χ0v) is 10.1. The Labute approximate surface area is 102 Å². The quantitative estimate of drug-likeness (QED) is 0.829. The molecule has 0 radical (unpaired) electrons. The van der Waals surface area contributed by atoms with Crippen LogP contribution in [0.4, 0.5) is 0 Å². The standard InChI is InChI=1S/C14H18N2O/c1-9-4-12(9)8-16-14(17)10-2-3-11-6-15-7-13(11)5-10/h2-3,5,9,12,15H,4,6-8H2,1H3,(H,16,17). The fourth-order valence-electron chi connectivity index (χ4n) is 2.45. The molecule has 2 N–H and O–H groups in total. The highest BCUT2D eigenvalue weighted by Gasteiger charge is 2.32. The van der Waals surface area contributed by atoms with E-state index in [1.54, 1.807) is 0 Å². The van der Waals surface area contributed by atoms with E-state index in [4.69, 9.17) is 0 Å². The highest BCUT2D eigenvalue weighted by atomic mass is 16.1. The van der Waals surface area contributed by atoms with Crippen LogP contribution >= 0.6 is 0 Å². The lowest BCUT2D eigenvalue weighted by atomic mass is 10.1. The van der Waals surface area contributed by atoms with Crippen molar-refractivity contribution in [1.82, 2.24) is 10.6 Å². The van der Waals surface area contributed by atoms with Crippen molar-refractivity contribution in [3.05, 3.63) is 34.9 Å². The predicted octanol–water partition coefficient (Wildman–Crippen LogP) is 1.68. The smallest absolute Gasteiger partial charge is 0.251 e. The molecule has 2 unspecified atom stereocenters. The molecule has 17 heavy (non-hydrogen) atoms. The van der Waals surface area contributed by atoms with Crippen LogP contribution in [0.25, 0.3) is 0 Å². The molecule has 2 aliphatic rings. The van der Waals surface area contributed by atoms with E-state index >= 15 is 0 Å². The van der Waals surface area contributed by atoms with E-state index in [1.807, 2.05) is 12.1 Å². The summed E-state index contributed by atoms with van der Waals surface area (Å²) < 4.78 is 0. The third kappa shape index (κ3) is 2.20. The van der Waals surface area contributed by atoms with Crippen LogP contribution in [0.2, 0.25) is 0 Å². The lowest BCUT2D eigenvalue weighted by molar-refractivity contribution is 0.0951. The molecule has 1 fully saturated rings. The zero-order chi connectivity index (χ0) is 11.8. The summed E-state index contributed by atoms with van der Waals surface area (Å²) in [5.41, 5.74) is 3.37. The van der Waals surface area contributed by atoms with Crippen molar-refractivity contribution in [2.24, 2.45) is 11.8 Å². The van der Waals surface area contributed by atoms with Crippen molar-refractivity contribution in [2.45, 2.75) is 26.4 Å². The summed E-state index contributed by atoms with van der Waals surface area (Å²) in [5, 5.41) is 6.31. The van der Waals surface area contributed by atoms with E-state index in [-0.39, 0.29) is 5.91 Å². The van der Waals surface area contributed by atoms with E-state index in [9.17, 15) is 4.79 Å². The van der Waals surface area contributed by atoms with Gasteiger partial charge in [0.15, 0.2) is 0 Å². The molecule has 0 aromatic heterocycles. The number of rotatable bonds is 3. The lowest BCUT2D eigenvalue weighted by Gasteiger charge is -2.06. The minimum Gasteiger partial charge on any atom is -0.352 e. The topological polar surface area (TPSA) is 41.1 Å². The molecule has 1 aromatic carbocycles. The molecule has 1 saturated carbocycles. The Kier molecular flexibility index (Phi) is 2.63. The number of amides is 1. The Morgan fingerprint density at radius 2 is 2.18 bits per heavy atom. The van der Waals surface area contributed by atoms with Gasteiger partial charge in [-0.1, -0.05) is 13.0 Å². The van der Waals surface area contributed by atoms with Crippen LogP contribution in [0.3, 0.4) is 0 Å². The zero-order valence-electron chi connectivity index (χ0n) is 10.1. The summed E-state index contributed by atoms with van der Waals surface area (Å²) in [4.78, 5) is 12.0. The van der Waals surface area contributed by atoms with Crippen molar-refractivity contribution in [3.63, 3.8) is 0 Å². The van der Waals surface area contributed by atoms with Crippen LogP contribution in [-0.2, 0) is 13.1 Å². The number of carbonyl (C=O) groups excluding carboxylic acids is 1. The molecule has 2 atom stereocenters. The van der Waals surface area contributed by atoms with Gasteiger partial charge in [0.2, 0.25) is 0 Å². The molecular formula is C14H18N2O. The average Bonchev–Trinajstić information content (AvgIpc) is 2.86. The Balaban J connectivity index is 1.64. The van der Waals surface area contributed by atoms with Crippen molar-refractivity contribution in [2.75, 3.05) is 6.54 Å². The number of fused-ring (bicyclic) bond motifs is 1. The monoisotopic (exact) mass is 230 g/mol. The van der Waals surface area contributed by atoms with Gasteiger partial charge < -0.3 is 10.6 Å². The number of hydrogen-bond acceptors (Lipinski definition) is 2. The Morgan fingerprint density at radius 3 is 2.94 bits per heavy atom. The van der Waals surface area contributed by atoms with Gasteiger partial charge in [-0.3, -0.25) is 4.79 Å². The normalized spacial score (nSPS) is 25.5. The fraction of sp³-hybridized carbons (Fsp3) is 0.500. The second-order valence-corrected chi connectivity index (χ2v) is 5.27. The second-order valence-electron chi connectivity index (χ2n) is 5.27. The number of benzene rings is 1. The van der Waals surface area contributed by atoms with E-state index in [0.717, 1.165) is 31.1 Å². The molecule has 0 saturated heterocycles. The molecule has 1 amide bonds. The summed E-state index contributed by atoms with van der Waals surface area (Å²) in [6, 6.07) is 6.00. The van der Waals surface area contributed by atoms with Crippen LogP contribution < -0.4 is 10.6 Å². The maximum Gasteiger partial charge on any atom is 0.251 e. The first kappa shape index (κ1) is 10.8. The molecule has 0 bridgehead atoms. The summed E-state index contributed by atoms with van der Waals surface area (Å²) in [6.07, 6.45) is 1.26. The first-order valence-corrected chi connectivity index (χ1v) is 6.35. The van der Waals surface area contributed by atoms with E-state index < -0.39 is 0 Å². The lowest BCUT2D eigenvalue weighted by Crippen LogP contribution is -2.26. The molecule has 1 aliphatic carbocycles. The molecule has 1 aliphatic heterocycles. The molecule has 3 rings (SSSR count). The van der Waals surface area contributed by atoms with Crippen LogP contribution in [0, 0.1) is 11.8 Å². The first-order valence-electron chi connectivity index (χ1n) is 6.35. The Morgan fingerprint density at radius 1 is 1.41 bits per heavy atom. The maximum atomic E-state index is 12.0. The maximum absolute atomic E-state index is 12.0. The highest BCUT2D eigenvalue weighted by molar-refractivity contribution is 5.94. The summed E-state index contributed by atoms with van der Waals surface area (Å²) >= 11 is 0. The third-order valence-electron chi connectivity index (χ3n) is 3.90. The van der Waals surface area contributed by atoms with Gasteiger partial charge in [0.1, 0.15) is 0 Å². The summed E-state index contributed by atoms with van der Waals surface area (Å²) in [7, 11) is 0. The van der Waals surface area contributed by atoms with Gasteiger partial charge in [0, 0.05) is 25.2 Å². The highest BCUT2D eigenvalue weighted by Crippen LogP contribution is 2.36. The summed E-state index contributed by atoms with van der Waals surface area (Å²) in [6.45, 7) is 4.88. The Hall–Kier alpha value is -1.35. The van der Waals surface area contributed by atoms with Crippen molar-refractivity contribution in [3.8, 4) is 0 Å². The molecule has 1 heterocycles. The predicted molar refractivity (Wildman–Crippen MR) is 66.6 cm³/mol. The molecule has 3 heteroatoms. The minimum absolute atomic E-state index is 0.0683. The second kappa shape index (κ2) is 4.15. The minimum atomic E-state index is 0.0683. The number of hydrogen-bond donors (Lipinski definition) is 2. The third-order valence-corrected chi connectivity index (χ3v) is 3.90. The van der Waals surface area contributed by atoms with Crippen LogP contribution in [-0.4, -0.2) is 12.5 Å². The largest absolute Gasteiger partial charge is 0.352 e. The molecule has 1 aromatic rings. The Bertz CT molecular complexity index is 456. The van der Waals surface area contributed by atoms with E-state index in [0.29, 0.717) is 5.92 Å². The van der Waals surface area contributed by atoms with Gasteiger partial charge in [0.25, 0.3) is 5.91 Å². The molecule has 90 valence electrons. The number of carbonyl (C=O) groups is 1. The van der Waals surface area contributed by atoms with Gasteiger partial charge in [-0.05, 0) is 41.5 Å². The van der Waals surface area contributed by atoms with Gasteiger partial charge in [-0.15, -0.1) is 0 Å². The van der Waals surface area contributed by atoms with E-state index in [2.05, 4.69) is 23.6 Å². The van der Waals surface area contributed by atoms with Gasteiger partial charge >= 0.3 is 0 Å². The van der Waals surface area contributed by atoms with Gasteiger partial charge in [0.05, 0.1) is 0 Å². The molecular weight excluding hydrogens is 212 g/mol. The fourth-order valence-corrected chi connectivity index (χ4v) is 2.45. The molecule has 0 spiro atoms. The van der Waals surface area contributed by atoms with E-state index in [1.165, 1.54) is 17.5 Å². The van der Waals surface area contributed by atoms with Crippen molar-refractivity contribution in [1.29, 1.82) is 0 Å². The summed E-state index contributed by atoms with van der Waals surface area (Å²) in [5.74, 6) is 1.56. The SMILES string of the molecule is CC1CC1CNC(=O)c1ccc2c(c1)CNC2. The van der Waals surface area contributed by atoms with Crippen LogP contribution in [0.15, 0.2) is 18.2 Å². The van der Waals surface area contributed by atoms with Crippen molar-refractivity contribution >= 4 is 5.91 Å². The van der Waals surface area contributed by atoms with Gasteiger partial charge in [-0.2, -0.15) is 0 Å². The first-order chi connectivity index (χ1) is 8.24. The van der Waals surface area contributed by atoms with Gasteiger partial charge in [-0.25, -0.2) is 0 Å².